The van der Waals surface area contributed by atoms with Crippen LogP contribution in [0.1, 0.15) is 12.5 Å². The summed E-state index contributed by atoms with van der Waals surface area (Å²) in [4.78, 5) is 0. The largest absolute Gasteiger partial charge is 0.378 e. The monoisotopic (exact) mass is 500 g/mol. The van der Waals surface area contributed by atoms with E-state index in [0.29, 0.717) is 0 Å². The molecule has 1 N–H and O–H groups in total. The van der Waals surface area contributed by atoms with Crippen molar-refractivity contribution in [3.63, 3.8) is 0 Å². The topological polar surface area (TPSA) is 17.0 Å². The van der Waals surface area contributed by atoms with Gasteiger partial charge in [0.2, 0.25) is 0 Å². The second kappa shape index (κ2) is 8.34. The summed E-state index contributed by atoms with van der Waals surface area (Å²) in [6.45, 7) is 6.14. The number of aromatic nitrogens is 1. The first-order chi connectivity index (χ1) is 19.2. The summed E-state index contributed by atoms with van der Waals surface area (Å²) in [5.74, 6) is 0. The van der Waals surface area contributed by atoms with Crippen LogP contribution in [0, 0.1) is 0 Å². The highest BCUT2D eigenvalue weighted by Crippen LogP contribution is 2.51. The molecule has 1 aromatic heterocycles. The van der Waals surface area contributed by atoms with Crippen molar-refractivity contribution in [3.8, 4) is 39.1 Å². The van der Waals surface area contributed by atoms with Gasteiger partial charge in [0.05, 0.1) is 16.7 Å². The molecule has 0 aliphatic carbocycles. The van der Waals surface area contributed by atoms with Gasteiger partial charge in [0.25, 0.3) is 0 Å². The van der Waals surface area contributed by atoms with Gasteiger partial charge in [-0.25, -0.2) is 0 Å². The maximum atomic E-state index is 4.09. The van der Waals surface area contributed by atoms with Crippen molar-refractivity contribution >= 4 is 27.5 Å². The average molecular weight is 501 g/mol. The maximum absolute atomic E-state index is 4.09. The zero-order valence-corrected chi connectivity index (χ0v) is 21.9. The summed E-state index contributed by atoms with van der Waals surface area (Å²) in [5, 5.41) is 6.49. The van der Waals surface area contributed by atoms with Crippen LogP contribution in [0.15, 0.2) is 127 Å². The number of benzene rings is 5. The molecule has 1 unspecified atom stereocenters. The Kier molecular flexibility index (Phi) is 4.75. The van der Waals surface area contributed by atoms with Crippen LogP contribution < -0.4 is 5.32 Å². The minimum Gasteiger partial charge on any atom is -0.378 e. The molecule has 39 heavy (non-hydrogen) atoms. The fraction of sp³-hybridized carbons (Fsp3) is 0.0811. The molecule has 1 atom stereocenters. The number of fused-ring (bicyclic) bond motifs is 12. The summed E-state index contributed by atoms with van der Waals surface area (Å²) in [5.41, 5.74) is 15.0. The molecule has 0 saturated carbocycles. The number of para-hydroxylation sites is 2. The molecule has 2 nitrogen and oxygen atoms in total. The Bertz CT molecular complexity index is 2000. The first kappa shape index (κ1) is 22.2. The predicted octanol–water partition coefficient (Wildman–Crippen LogP) is 9.57. The van der Waals surface area contributed by atoms with Crippen LogP contribution in [0.25, 0.3) is 60.9 Å². The molecule has 2 aliphatic rings. The van der Waals surface area contributed by atoms with Crippen LogP contribution in [0.3, 0.4) is 0 Å². The lowest BCUT2D eigenvalue weighted by Gasteiger charge is -2.21. The highest BCUT2D eigenvalue weighted by Gasteiger charge is 2.30. The smallest absolute Gasteiger partial charge is 0.0640 e. The summed E-state index contributed by atoms with van der Waals surface area (Å²) in [7, 11) is 0. The SMILES string of the molecule is C=C(C)/C=C\C1Cc2ccccc2-c2c(ccc3c2-n2c4ccccc4c4cccc(c42)-c2ccccc2-3)N1. The number of allylic oxidation sites excluding steroid dienone is 2. The van der Waals surface area contributed by atoms with Crippen molar-refractivity contribution < 1.29 is 0 Å². The van der Waals surface area contributed by atoms with E-state index in [2.05, 4.69) is 132 Å². The average Bonchev–Trinajstić information content (AvgIpc) is 3.12. The van der Waals surface area contributed by atoms with Crippen molar-refractivity contribution in [3.05, 3.63) is 133 Å². The fourth-order valence-corrected chi connectivity index (χ4v) is 6.68. The van der Waals surface area contributed by atoms with Crippen LogP contribution in [0.2, 0.25) is 0 Å². The Hall–Kier alpha value is -4.82. The summed E-state index contributed by atoms with van der Waals surface area (Å²) >= 11 is 0. The number of rotatable bonds is 2. The van der Waals surface area contributed by atoms with Crippen LogP contribution >= 0.6 is 0 Å². The van der Waals surface area contributed by atoms with Crippen molar-refractivity contribution in [2.75, 3.05) is 5.32 Å². The van der Waals surface area contributed by atoms with Crippen molar-refractivity contribution in [2.45, 2.75) is 19.4 Å². The lowest BCUT2D eigenvalue weighted by molar-refractivity contribution is 0.873. The fourth-order valence-electron chi connectivity index (χ4n) is 6.68. The van der Waals surface area contributed by atoms with Gasteiger partial charge in [0, 0.05) is 39.2 Å². The Balaban J connectivity index is 1.57. The first-order valence-electron chi connectivity index (χ1n) is 13.7. The Morgan fingerprint density at radius 3 is 2.28 bits per heavy atom. The van der Waals surface area contributed by atoms with E-state index in [4.69, 9.17) is 0 Å². The molecule has 8 rings (SSSR count). The van der Waals surface area contributed by atoms with E-state index >= 15 is 0 Å². The van der Waals surface area contributed by atoms with Crippen molar-refractivity contribution in [1.29, 1.82) is 0 Å². The van der Waals surface area contributed by atoms with E-state index in [1.54, 1.807) is 0 Å². The second-order valence-corrected chi connectivity index (χ2v) is 10.8. The minimum absolute atomic E-state index is 0.175. The van der Waals surface area contributed by atoms with E-state index in [0.717, 1.165) is 17.7 Å². The minimum atomic E-state index is 0.175. The molecule has 186 valence electrons. The van der Waals surface area contributed by atoms with Crippen LogP contribution in [0.4, 0.5) is 5.69 Å². The van der Waals surface area contributed by atoms with Gasteiger partial charge >= 0.3 is 0 Å². The maximum Gasteiger partial charge on any atom is 0.0640 e. The quantitative estimate of drug-likeness (QED) is 0.234. The zero-order valence-electron chi connectivity index (χ0n) is 21.9. The molecule has 0 amide bonds. The summed E-state index contributed by atoms with van der Waals surface area (Å²) < 4.78 is 2.54. The highest BCUT2D eigenvalue weighted by atomic mass is 15.0. The zero-order chi connectivity index (χ0) is 26.1. The molecule has 2 heteroatoms. The van der Waals surface area contributed by atoms with E-state index in [-0.39, 0.29) is 6.04 Å². The first-order valence-corrected chi connectivity index (χ1v) is 13.7. The number of anilines is 1. The molecular weight excluding hydrogens is 472 g/mol. The molecule has 2 aliphatic heterocycles. The number of nitrogens with one attached hydrogen (secondary N) is 1. The summed E-state index contributed by atoms with van der Waals surface area (Å²) in [6.07, 6.45) is 5.30. The van der Waals surface area contributed by atoms with Gasteiger partial charge in [-0.1, -0.05) is 115 Å². The predicted molar refractivity (Wildman–Crippen MR) is 166 cm³/mol. The van der Waals surface area contributed by atoms with Gasteiger partial charge in [0.15, 0.2) is 0 Å². The Morgan fingerprint density at radius 2 is 1.44 bits per heavy atom. The molecule has 0 fully saturated rings. The van der Waals surface area contributed by atoms with Gasteiger partial charge in [-0.2, -0.15) is 0 Å². The number of hydrogen-bond acceptors (Lipinski definition) is 1. The lowest BCUT2D eigenvalue weighted by atomic mass is 9.89. The number of nitrogens with zero attached hydrogens (tertiary/aromatic N) is 1. The van der Waals surface area contributed by atoms with E-state index in [9.17, 15) is 0 Å². The van der Waals surface area contributed by atoms with Gasteiger partial charge in [0.1, 0.15) is 0 Å². The Labute approximate surface area is 228 Å². The lowest BCUT2D eigenvalue weighted by Crippen LogP contribution is -2.18. The van der Waals surface area contributed by atoms with E-state index < -0.39 is 0 Å². The number of hydrogen-bond donors (Lipinski definition) is 1. The van der Waals surface area contributed by atoms with Crippen LogP contribution in [-0.4, -0.2) is 10.6 Å². The molecule has 0 saturated heterocycles. The second-order valence-electron chi connectivity index (χ2n) is 10.8. The van der Waals surface area contributed by atoms with Gasteiger partial charge < -0.3 is 9.88 Å². The van der Waals surface area contributed by atoms with Crippen molar-refractivity contribution in [2.24, 2.45) is 0 Å². The molecule has 6 aromatic rings. The molecule has 5 aromatic carbocycles. The third-order valence-corrected chi connectivity index (χ3v) is 8.28. The molecule has 0 spiro atoms. The molecule has 0 radical (unpaired) electrons. The van der Waals surface area contributed by atoms with Gasteiger partial charge in [-0.3, -0.25) is 0 Å². The summed E-state index contributed by atoms with van der Waals surface area (Å²) in [6, 6.07) is 38.2. The van der Waals surface area contributed by atoms with Gasteiger partial charge in [-0.05, 0) is 47.7 Å². The van der Waals surface area contributed by atoms with Gasteiger partial charge in [-0.15, -0.1) is 0 Å². The molecule has 3 heterocycles. The molecular formula is C37H28N2. The standard InChI is InChI=1S/C37H28N2/c1-23(2)18-19-25-22-24-10-3-4-11-26(24)35-33(38-25)21-20-32-28-13-6-5-12-27(28)30-15-9-16-31-29-14-7-8-17-34(29)39(36(30)31)37(32)35/h3-21,25,38H,1,22H2,2H3/b19-18-. The van der Waals surface area contributed by atoms with E-state index in [1.165, 1.54) is 66.4 Å². The van der Waals surface area contributed by atoms with Crippen LogP contribution in [0.5, 0.6) is 0 Å². The third-order valence-electron chi connectivity index (χ3n) is 8.28. The van der Waals surface area contributed by atoms with Crippen molar-refractivity contribution in [1.82, 2.24) is 4.57 Å². The molecule has 0 bridgehead atoms. The van der Waals surface area contributed by atoms with Crippen LogP contribution in [-0.2, 0) is 6.42 Å². The highest BCUT2D eigenvalue weighted by molar-refractivity contribution is 6.17. The third kappa shape index (κ3) is 3.21. The van der Waals surface area contributed by atoms with E-state index in [1.807, 2.05) is 6.92 Å². The normalized spacial score (nSPS) is 15.2. The Morgan fingerprint density at radius 1 is 0.744 bits per heavy atom.